The summed E-state index contributed by atoms with van der Waals surface area (Å²) in [6.45, 7) is -0.375. The van der Waals surface area contributed by atoms with Crippen molar-refractivity contribution in [2.45, 2.75) is 23.9 Å². The van der Waals surface area contributed by atoms with Crippen LogP contribution in [0.4, 0.5) is 18.9 Å². The normalized spacial score (nSPS) is 12.7. The van der Waals surface area contributed by atoms with Crippen molar-refractivity contribution < 1.29 is 21.6 Å². The average Bonchev–Trinajstić information content (AvgIpc) is 2.21. The first kappa shape index (κ1) is 17.4. The Bertz CT molecular complexity index is 568. The van der Waals surface area contributed by atoms with Gasteiger partial charge in [-0.25, -0.2) is 13.1 Å². The van der Waals surface area contributed by atoms with Gasteiger partial charge >= 0.3 is 6.18 Å². The van der Waals surface area contributed by atoms with Gasteiger partial charge < -0.3 is 5.73 Å². The molecule has 0 aliphatic heterocycles. The number of benzene rings is 1. The van der Waals surface area contributed by atoms with Gasteiger partial charge in [0.1, 0.15) is 4.90 Å². The molecule has 1 rings (SSSR count). The summed E-state index contributed by atoms with van der Waals surface area (Å²) < 4.78 is 61.6. The number of halogens is 5. The second kappa shape index (κ2) is 6.38. The SMILES string of the molecule is Nc1cc(Cl)cc(Cl)c1S(=O)(=O)NCCCC(F)(F)F. The Morgan fingerprint density at radius 1 is 1.25 bits per heavy atom. The molecule has 0 fully saturated rings. The molecule has 0 bridgehead atoms. The molecule has 0 atom stereocenters. The minimum Gasteiger partial charge on any atom is -0.398 e. The Labute approximate surface area is 124 Å². The fourth-order valence-corrected chi connectivity index (χ4v) is 3.49. The second-order valence-corrected chi connectivity index (χ2v) is 6.47. The summed E-state index contributed by atoms with van der Waals surface area (Å²) >= 11 is 11.4. The van der Waals surface area contributed by atoms with Crippen LogP contribution in [0.5, 0.6) is 0 Å². The molecule has 0 amide bonds. The number of hydrogen-bond donors (Lipinski definition) is 2. The summed E-state index contributed by atoms with van der Waals surface area (Å²) in [5, 5.41) is -0.0400. The molecule has 1 aromatic carbocycles. The third-order valence-corrected chi connectivity index (χ3v) is 4.44. The van der Waals surface area contributed by atoms with Gasteiger partial charge in [-0.2, -0.15) is 13.2 Å². The Morgan fingerprint density at radius 2 is 1.85 bits per heavy atom. The van der Waals surface area contributed by atoms with Gasteiger partial charge in [-0.05, 0) is 18.6 Å². The lowest BCUT2D eigenvalue weighted by Crippen LogP contribution is -2.27. The first-order chi connectivity index (χ1) is 9.03. The van der Waals surface area contributed by atoms with Gasteiger partial charge in [-0.1, -0.05) is 23.2 Å². The number of alkyl halides is 3. The van der Waals surface area contributed by atoms with Crippen LogP contribution in [0, 0.1) is 0 Å². The minimum atomic E-state index is -4.33. The summed E-state index contributed by atoms with van der Waals surface area (Å²) in [6.07, 6.45) is -5.80. The molecular formula is C10H11Cl2F3N2O2S. The summed E-state index contributed by atoms with van der Waals surface area (Å²) in [4.78, 5) is -0.393. The van der Waals surface area contributed by atoms with Gasteiger partial charge in [0.15, 0.2) is 0 Å². The van der Waals surface area contributed by atoms with E-state index in [-0.39, 0.29) is 28.7 Å². The fraction of sp³-hybridized carbons (Fsp3) is 0.400. The lowest BCUT2D eigenvalue weighted by molar-refractivity contribution is -0.135. The molecule has 0 saturated carbocycles. The zero-order valence-electron chi connectivity index (χ0n) is 9.97. The van der Waals surface area contributed by atoms with Crippen molar-refractivity contribution in [3.63, 3.8) is 0 Å². The van der Waals surface area contributed by atoms with E-state index in [0.717, 1.165) is 0 Å². The van der Waals surface area contributed by atoms with Crippen molar-refractivity contribution in [2.75, 3.05) is 12.3 Å². The summed E-state index contributed by atoms with van der Waals surface area (Å²) in [7, 11) is -4.09. The Kier molecular flexibility index (Phi) is 5.54. The molecule has 0 unspecified atom stereocenters. The Morgan fingerprint density at radius 3 is 2.35 bits per heavy atom. The molecular weight excluding hydrogens is 340 g/mol. The van der Waals surface area contributed by atoms with Crippen molar-refractivity contribution in [1.82, 2.24) is 4.72 Å². The summed E-state index contributed by atoms with van der Waals surface area (Å²) in [6, 6.07) is 2.38. The third-order valence-electron chi connectivity index (χ3n) is 2.23. The van der Waals surface area contributed by atoms with E-state index in [1.165, 1.54) is 12.1 Å². The fourth-order valence-electron chi connectivity index (χ4n) is 1.43. The van der Waals surface area contributed by atoms with Crippen LogP contribution in [-0.4, -0.2) is 21.1 Å². The van der Waals surface area contributed by atoms with Crippen LogP contribution < -0.4 is 10.5 Å². The molecule has 3 N–H and O–H groups in total. The van der Waals surface area contributed by atoms with Crippen molar-refractivity contribution in [1.29, 1.82) is 0 Å². The molecule has 0 heterocycles. The summed E-state index contributed by atoms with van der Waals surface area (Å²) in [5.41, 5.74) is 5.34. The first-order valence-corrected chi connectivity index (χ1v) is 7.58. The molecule has 10 heteroatoms. The van der Waals surface area contributed by atoms with Crippen LogP contribution >= 0.6 is 23.2 Å². The highest BCUT2D eigenvalue weighted by atomic mass is 35.5. The smallest absolute Gasteiger partial charge is 0.389 e. The summed E-state index contributed by atoms with van der Waals surface area (Å²) in [5.74, 6) is 0. The van der Waals surface area contributed by atoms with E-state index in [9.17, 15) is 21.6 Å². The molecule has 0 aliphatic rings. The van der Waals surface area contributed by atoms with E-state index in [2.05, 4.69) is 0 Å². The average molecular weight is 351 g/mol. The van der Waals surface area contributed by atoms with Crippen molar-refractivity contribution in [2.24, 2.45) is 0 Å². The molecule has 0 spiro atoms. The van der Waals surface area contributed by atoms with E-state index >= 15 is 0 Å². The quantitative estimate of drug-likeness (QED) is 0.632. The van der Waals surface area contributed by atoms with E-state index in [4.69, 9.17) is 28.9 Å². The standard InChI is InChI=1S/C10H11Cl2F3N2O2S/c11-6-4-7(12)9(8(16)5-6)20(18,19)17-3-1-2-10(13,14)15/h4-5,17H,1-3,16H2. The van der Waals surface area contributed by atoms with Gasteiger partial charge in [0.25, 0.3) is 0 Å². The van der Waals surface area contributed by atoms with Gasteiger partial charge in [0, 0.05) is 18.0 Å². The van der Waals surface area contributed by atoms with Crippen LogP contribution in [-0.2, 0) is 10.0 Å². The second-order valence-electron chi connectivity index (χ2n) is 3.92. The van der Waals surface area contributed by atoms with Crippen LogP contribution in [0.3, 0.4) is 0 Å². The number of nitrogen functional groups attached to an aromatic ring is 1. The largest absolute Gasteiger partial charge is 0.398 e. The Hall–Kier alpha value is -0.700. The molecule has 4 nitrogen and oxygen atoms in total. The van der Waals surface area contributed by atoms with Gasteiger partial charge in [-0.15, -0.1) is 0 Å². The zero-order valence-corrected chi connectivity index (χ0v) is 12.3. The molecule has 0 aliphatic carbocycles. The number of anilines is 1. The molecule has 114 valence electrons. The molecule has 20 heavy (non-hydrogen) atoms. The van der Waals surface area contributed by atoms with Gasteiger partial charge in [0.2, 0.25) is 10.0 Å². The van der Waals surface area contributed by atoms with E-state index < -0.39 is 27.5 Å². The Balaban J connectivity index is 2.80. The maximum Gasteiger partial charge on any atom is 0.389 e. The lowest BCUT2D eigenvalue weighted by atomic mass is 10.3. The predicted molar refractivity (Wildman–Crippen MR) is 71.4 cm³/mol. The highest BCUT2D eigenvalue weighted by Crippen LogP contribution is 2.31. The molecule has 0 radical (unpaired) electrons. The van der Waals surface area contributed by atoms with Gasteiger partial charge in [0.05, 0.1) is 10.7 Å². The van der Waals surface area contributed by atoms with E-state index in [0.29, 0.717) is 0 Å². The van der Waals surface area contributed by atoms with Crippen LogP contribution in [0.1, 0.15) is 12.8 Å². The maximum absolute atomic E-state index is 11.9. The topological polar surface area (TPSA) is 72.2 Å². The first-order valence-electron chi connectivity index (χ1n) is 5.34. The molecule has 0 aromatic heterocycles. The van der Waals surface area contributed by atoms with Crippen molar-refractivity contribution in [3.8, 4) is 0 Å². The van der Waals surface area contributed by atoms with E-state index in [1.54, 1.807) is 0 Å². The lowest BCUT2D eigenvalue weighted by Gasteiger charge is -2.11. The maximum atomic E-state index is 11.9. The van der Waals surface area contributed by atoms with Gasteiger partial charge in [-0.3, -0.25) is 0 Å². The van der Waals surface area contributed by atoms with Crippen molar-refractivity contribution in [3.05, 3.63) is 22.2 Å². The number of nitrogens with one attached hydrogen (secondary N) is 1. The highest BCUT2D eigenvalue weighted by Gasteiger charge is 2.27. The minimum absolute atomic E-state index is 0.156. The van der Waals surface area contributed by atoms with Crippen molar-refractivity contribution >= 4 is 38.9 Å². The van der Waals surface area contributed by atoms with E-state index in [1.807, 2.05) is 4.72 Å². The molecule has 1 aromatic rings. The third kappa shape index (κ3) is 5.01. The monoisotopic (exact) mass is 350 g/mol. The number of nitrogens with two attached hydrogens (primary N) is 1. The molecule has 0 saturated heterocycles. The number of hydrogen-bond acceptors (Lipinski definition) is 3. The van der Waals surface area contributed by atoms with Crippen LogP contribution in [0.25, 0.3) is 0 Å². The number of sulfonamides is 1. The van der Waals surface area contributed by atoms with Crippen LogP contribution in [0.2, 0.25) is 10.0 Å². The number of rotatable bonds is 5. The zero-order chi connectivity index (χ0) is 15.6. The van der Waals surface area contributed by atoms with Crippen LogP contribution in [0.15, 0.2) is 17.0 Å². The highest BCUT2D eigenvalue weighted by molar-refractivity contribution is 7.89. The predicted octanol–water partition coefficient (Wildman–Crippen LogP) is 3.20.